The van der Waals surface area contributed by atoms with E-state index in [4.69, 9.17) is 15.2 Å². The van der Waals surface area contributed by atoms with Crippen LogP contribution in [0.15, 0.2) is 18.3 Å². The second-order valence-corrected chi connectivity index (χ2v) is 3.97. The van der Waals surface area contributed by atoms with Crippen molar-refractivity contribution >= 4 is 0 Å². The standard InChI is InChI=1S/C12H13N3O2/c1-7-2-10-11(17-6-16-10)3-8(7)9-5-14-12(4-13)15-9/h2-3,5H,4,6,13H2,1H3,(H,14,15). The van der Waals surface area contributed by atoms with E-state index in [1.165, 1.54) is 0 Å². The van der Waals surface area contributed by atoms with Crippen molar-refractivity contribution in [3.63, 3.8) is 0 Å². The Bertz CT molecular complexity index is 563. The van der Waals surface area contributed by atoms with Crippen LogP contribution < -0.4 is 15.2 Å². The van der Waals surface area contributed by atoms with Crippen LogP contribution in [0.4, 0.5) is 0 Å². The summed E-state index contributed by atoms with van der Waals surface area (Å²) in [5.74, 6) is 2.34. The molecule has 0 amide bonds. The van der Waals surface area contributed by atoms with E-state index < -0.39 is 0 Å². The fourth-order valence-corrected chi connectivity index (χ4v) is 1.94. The Balaban J connectivity index is 2.08. The summed E-state index contributed by atoms with van der Waals surface area (Å²) in [4.78, 5) is 7.37. The van der Waals surface area contributed by atoms with E-state index in [2.05, 4.69) is 9.97 Å². The number of rotatable bonds is 2. The number of nitrogens with two attached hydrogens (primary N) is 1. The number of hydrogen-bond donors (Lipinski definition) is 2. The molecule has 1 aromatic carbocycles. The Morgan fingerprint density at radius 1 is 1.35 bits per heavy atom. The number of nitrogens with zero attached hydrogens (tertiary/aromatic N) is 1. The predicted octanol–water partition coefficient (Wildman–Crippen LogP) is 1.57. The van der Waals surface area contributed by atoms with Gasteiger partial charge in [-0.05, 0) is 24.6 Å². The van der Waals surface area contributed by atoms with E-state index in [0.717, 1.165) is 34.1 Å². The molecule has 88 valence electrons. The van der Waals surface area contributed by atoms with Crippen molar-refractivity contribution < 1.29 is 9.47 Å². The van der Waals surface area contributed by atoms with Crippen molar-refractivity contribution in [2.24, 2.45) is 5.73 Å². The molecule has 5 nitrogen and oxygen atoms in total. The molecule has 0 saturated carbocycles. The molecule has 0 radical (unpaired) electrons. The lowest BCUT2D eigenvalue weighted by Crippen LogP contribution is -1.97. The molecular weight excluding hydrogens is 218 g/mol. The van der Waals surface area contributed by atoms with Gasteiger partial charge in [0.1, 0.15) is 5.82 Å². The number of nitrogens with one attached hydrogen (secondary N) is 1. The molecule has 1 aromatic heterocycles. The van der Waals surface area contributed by atoms with E-state index in [1.54, 1.807) is 6.20 Å². The third-order valence-electron chi connectivity index (χ3n) is 2.83. The molecule has 5 heteroatoms. The number of fused-ring (bicyclic) bond motifs is 1. The molecule has 0 atom stereocenters. The van der Waals surface area contributed by atoms with Crippen molar-refractivity contribution in [1.82, 2.24) is 9.97 Å². The monoisotopic (exact) mass is 231 g/mol. The van der Waals surface area contributed by atoms with Gasteiger partial charge in [0.2, 0.25) is 6.79 Å². The third kappa shape index (κ3) is 1.64. The summed E-state index contributed by atoms with van der Waals surface area (Å²) in [6.45, 7) is 2.72. The molecule has 17 heavy (non-hydrogen) atoms. The molecule has 0 fully saturated rings. The number of aromatic amines is 1. The molecule has 1 aliphatic rings. The maximum absolute atomic E-state index is 5.53. The highest BCUT2D eigenvalue weighted by molar-refractivity contribution is 5.68. The molecule has 0 unspecified atom stereocenters. The molecule has 0 bridgehead atoms. The summed E-state index contributed by atoms with van der Waals surface area (Å²) in [5, 5.41) is 0. The summed E-state index contributed by atoms with van der Waals surface area (Å²) in [5.41, 5.74) is 8.65. The summed E-state index contributed by atoms with van der Waals surface area (Å²) in [7, 11) is 0. The van der Waals surface area contributed by atoms with Crippen LogP contribution in [0, 0.1) is 6.92 Å². The molecule has 3 N–H and O–H groups in total. The van der Waals surface area contributed by atoms with E-state index in [9.17, 15) is 0 Å². The number of aromatic nitrogens is 2. The van der Waals surface area contributed by atoms with Gasteiger partial charge < -0.3 is 20.2 Å². The van der Waals surface area contributed by atoms with E-state index in [1.807, 2.05) is 19.1 Å². The number of benzene rings is 1. The summed E-state index contributed by atoms with van der Waals surface area (Å²) < 4.78 is 10.7. The number of ether oxygens (including phenoxy) is 2. The SMILES string of the molecule is Cc1cc2c(cc1-c1cnc(CN)[nH]1)OCO2. The van der Waals surface area contributed by atoms with Crippen LogP contribution in [0.5, 0.6) is 11.5 Å². The van der Waals surface area contributed by atoms with Crippen LogP contribution in [0.1, 0.15) is 11.4 Å². The van der Waals surface area contributed by atoms with Crippen molar-refractivity contribution in [2.45, 2.75) is 13.5 Å². The second-order valence-electron chi connectivity index (χ2n) is 3.97. The lowest BCUT2D eigenvalue weighted by atomic mass is 10.1. The molecule has 2 aromatic rings. The average molecular weight is 231 g/mol. The van der Waals surface area contributed by atoms with Gasteiger partial charge in [-0.2, -0.15) is 0 Å². The Hall–Kier alpha value is -2.01. The average Bonchev–Trinajstić information content (AvgIpc) is 2.94. The van der Waals surface area contributed by atoms with Crippen molar-refractivity contribution in [3.05, 3.63) is 29.7 Å². The first kappa shape index (κ1) is 10.2. The van der Waals surface area contributed by atoms with Gasteiger partial charge in [0, 0.05) is 5.56 Å². The lowest BCUT2D eigenvalue weighted by Gasteiger charge is -2.05. The van der Waals surface area contributed by atoms with Crippen LogP contribution in [0.2, 0.25) is 0 Å². The zero-order chi connectivity index (χ0) is 11.8. The van der Waals surface area contributed by atoms with Crippen LogP contribution >= 0.6 is 0 Å². The van der Waals surface area contributed by atoms with Crippen LogP contribution in [0.25, 0.3) is 11.3 Å². The van der Waals surface area contributed by atoms with Gasteiger partial charge in [-0.25, -0.2) is 4.98 Å². The highest BCUT2D eigenvalue weighted by Gasteiger charge is 2.17. The van der Waals surface area contributed by atoms with Gasteiger partial charge >= 0.3 is 0 Å². The van der Waals surface area contributed by atoms with Crippen molar-refractivity contribution in [2.75, 3.05) is 6.79 Å². The number of hydrogen-bond acceptors (Lipinski definition) is 4. The van der Waals surface area contributed by atoms with Gasteiger partial charge in [-0.3, -0.25) is 0 Å². The minimum absolute atomic E-state index is 0.287. The largest absolute Gasteiger partial charge is 0.454 e. The molecule has 0 saturated heterocycles. The summed E-state index contributed by atoms with van der Waals surface area (Å²) >= 11 is 0. The zero-order valence-electron chi connectivity index (χ0n) is 9.49. The Morgan fingerprint density at radius 2 is 2.12 bits per heavy atom. The minimum Gasteiger partial charge on any atom is -0.454 e. The van der Waals surface area contributed by atoms with Gasteiger partial charge in [-0.1, -0.05) is 0 Å². The Kier molecular flexibility index (Phi) is 2.26. The molecule has 1 aliphatic heterocycles. The van der Waals surface area contributed by atoms with Gasteiger partial charge in [0.15, 0.2) is 11.5 Å². The maximum Gasteiger partial charge on any atom is 0.231 e. The first-order valence-corrected chi connectivity index (χ1v) is 5.42. The topological polar surface area (TPSA) is 73.2 Å². The van der Waals surface area contributed by atoms with Crippen LogP contribution in [0.3, 0.4) is 0 Å². The lowest BCUT2D eigenvalue weighted by molar-refractivity contribution is 0.174. The number of aryl methyl sites for hydroxylation is 1. The van der Waals surface area contributed by atoms with Gasteiger partial charge in [-0.15, -0.1) is 0 Å². The van der Waals surface area contributed by atoms with E-state index >= 15 is 0 Å². The first-order chi connectivity index (χ1) is 8.28. The van der Waals surface area contributed by atoms with Crippen LogP contribution in [-0.4, -0.2) is 16.8 Å². The maximum atomic E-state index is 5.53. The van der Waals surface area contributed by atoms with E-state index in [-0.39, 0.29) is 6.79 Å². The molecular formula is C12H13N3O2. The Labute approximate surface area is 98.6 Å². The Morgan fingerprint density at radius 3 is 2.82 bits per heavy atom. The zero-order valence-corrected chi connectivity index (χ0v) is 9.49. The van der Waals surface area contributed by atoms with Gasteiger partial charge in [0.25, 0.3) is 0 Å². The molecule has 3 rings (SSSR count). The summed E-state index contributed by atoms with van der Waals surface area (Å²) in [6, 6.07) is 3.94. The smallest absolute Gasteiger partial charge is 0.231 e. The second kappa shape index (κ2) is 3.78. The molecule has 0 spiro atoms. The fraction of sp³-hybridized carbons (Fsp3) is 0.250. The van der Waals surface area contributed by atoms with E-state index in [0.29, 0.717) is 6.54 Å². The highest BCUT2D eigenvalue weighted by atomic mass is 16.7. The molecule has 0 aliphatic carbocycles. The fourth-order valence-electron chi connectivity index (χ4n) is 1.94. The summed E-state index contributed by atoms with van der Waals surface area (Å²) in [6.07, 6.45) is 1.78. The number of imidazole rings is 1. The normalized spacial score (nSPS) is 13.1. The van der Waals surface area contributed by atoms with Crippen molar-refractivity contribution in [1.29, 1.82) is 0 Å². The quantitative estimate of drug-likeness (QED) is 0.822. The highest BCUT2D eigenvalue weighted by Crippen LogP contribution is 2.37. The van der Waals surface area contributed by atoms with Crippen molar-refractivity contribution in [3.8, 4) is 22.8 Å². The first-order valence-electron chi connectivity index (χ1n) is 5.42. The minimum atomic E-state index is 0.287. The third-order valence-corrected chi connectivity index (χ3v) is 2.83. The van der Waals surface area contributed by atoms with Gasteiger partial charge in [0.05, 0.1) is 18.4 Å². The van der Waals surface area contributed by atoms with Crippen LogP contribution in [-0.2, 0) is 6.54 Å². The predicted molar refractivity (Wildman–Crippen MR) is 62.8 cm³/mol. The number of H-pyrrole nitrogens is 1. The molecule has 2 heterocycles.